The first kappa shape index (κ1) is 33.4. The van der Waals surface area contributed by atoms with Crippen molar-refractivity contribution >= 4 is 39.1 Å². The molecule has 48 heavy (non-hydrogen) atoms. The third kappa shape index (κ3) is 6.98. The maximum atomic E-state index is 14.4. The lowest BCUT2D eigenvalue weighted by Crippen LogP contribution is -2.49. The summed E-state index contributed by atoms with van der Waals surface area (Å²) in [4.78, 5) is 29.1. The summed E-state index contributed by atoms with van der Waals surface area (Å²) < 4.78 is 34.0. The summed E-state index contributed by atoms with van der Waals surface area (Å²) in [7, 11) is -1.65. The number of ether oxygens (including phenoxy) is 2. The highest BCUT2D eigenvalue weighted by Crippen LogP contribution is 2.47. The second-order valence-corrected chi connectivity index (χ2v) is 16.9. The fourth-order valence-corrected chi connectivity index (χ4v) is 10.3. The number of anilines is 1. The minimum atomic E-state index is -3.43. The molecule has 2 heterocycles. The molecule has 0 saturated heterocycles. The van der Waals surface area contributed by atoms with E-state index in [0.29, 0.717) is 30.4 Å². The molecule has 2 N–H and O–H groups in total. The molecule has 0 unspecified atom stereocenters. The van der Waals surface area contributed by atoms with Crippen molar-refractivity contribution in [2.75, 3.05) is 37.5 Å². The van der Waals surface area contributed by atoms with Gasteiger partial charge in [-0.15, -0.1) is 4.36 Å². The first-order valence-corrected chi connectivity index (χ1v) is 19.6. The van der Waals surface area contributed by atoms with Gasteiger partial charge < -0.3 is 19.7 Å². The molecule has 3 amide bonds. The molecule has 0 radical (unpaired) electrons. The van der Waals surface area contributed by atoms with Crippen LogP contribution < -0.4 is 19.7 Å². The van der Waals surface area contributed by atoms with Crippen LogP contribution in [0.4, 0.5) is 10.5 Å². The van der Waals surface area contributed by atoms with Gasteiger partial charge in [-0.3, -0.25) is 9.52 Å². The Balaban J connectivity index is 1.30. The van der Waals surface area contributed by atoms with Crippen molar-refractivity contribution in [3.8, 4) is 5.75 Å². The number of rotatable bonds is 4. The van der Waals surface area contributed by atoms with Crippen molar-refractivity contribution in [1.82, 2.24) is 10.0 Å². The number of fused-ring (bicyclic) bond motifs is 4. The van der Waals surface area contributed by atoms with Crippen LogP contribution in [-0.2, 0) is 26.5 Å². The average Bonchev–Trinajstić information content (AvgIpc) is 3.88. The van der Waals surface area contributed by atoms with Crippen molar-refractivity contribution in [2.24, 2.45) is 22.1 Å². The molecule has 2 fully saturated rings. The topological polar surface area (TPSA) is 109 Å². The Morgan fingerprint density at radius 3 is 2.79 bits per heavy atom. The van der Waals surface area contributed by atoms with E-state index in [2.05, 4.69) is 43.6 Å². The normalized spacial score (nSPS) is 32.4. The lowest BCUT2D eigenvalue weighted by atomic mass is 9.68. The summed E-state index contributed by atoms with van der Waals surface area (Å²) in [6.45, 7) is 4.08. The van der Waals surface area contributed by atoms with Gasteiger partial charge in [0, 0.05) is 42.2 Å². The van der Waals surface area contributed by atoms with E-state index in [0.717, 1.165) is 80.9 Å². The molecular formula is C37H47ClN4O5S. The molecule has 5 aliphatic rings. The molecule has 2 bridgehead atoms. The van der Waals surface area contributed by atoms with Crippen LogP contribution in [0.1, 0.15) is 79.8 Å². The number of aryl methyl sites for hydroxylation is 1. The highest BCUT2D eigenvalue weighted by Gasteiger charge is 2.44. The summed E-state index contributed by atoms with van der Waals surface area (Å²) in [5.41, 5.74) is 3.49. The molecule has 2 saturated carbocycles. The molecule has 3 aliphatic carbocycles. The van der Waals surface area contributed by atoms with Gasteiger partial charge in [-0.2, -0.15) is 0 Å². The highest BCUT2D eigenvalue weighted by molar-refractivity contribution is 7.92. The van der Waals surface area contributed by atoms with Crippen LogP contribution in [0, 0.1) is 17.8 Å². The summed E-state index contributed by atoms with van der Waals surface area (Å²) in [5, 5.41) is 3.59. The smallest absolute Gasteiger partial charge is 0.327 e. The van der Waals surface area contributed by atoms with Crippen molar-refractivity contribution in [2.45, 2.75) is 82.3 Å². The van der Waals surface area contributed by atoms with Gasteiger partial charge in [-0.25, -0.2) is 9.00 Å². The van der Waals surface area contributed by atoms with E-state index < -0.39 is 21.9 Å². The molecule has 7 rings (SSSR count). The van der Waals surface area contributed by atoms with E-state index in [1.165, 1.54) is 11.1 Å². The largest absolute Gasteiger partial charge is 0.490 e. The minimum absolute atomic E-state index is 0.0345. The van der Waals surface area contributed by atoms with Gasteiger partial charge in [-0.05, 0) is 111 Å². The number of hydrogen-bond acceptors (Lipinski definition) is 6. The van der Waals surface area contributed by atoms with Gasteiger partial charge in [0.15, 0.2) is 0 Å². The molecule has 11 heteroatoms. The summed E-state index contributed by atoms with van der Waals surface area (Å²) in [5.74, 6) is 0.908. The third-order valence-electron chi connectivity index (χ3n) is 11.1. The first-order chi connectivity index (χ1) is 23.2. The first-order valence-electron chi connectivity index (χ1n) is 17.5. The SMILES string of the molecule is CC[C@H]1C/C=C/[C@H](OC)[C@@H]2CC[C@H]2CN2C[C@@]3(CCCc4cc(Cl)ccc43)COc3ccc(cc32)C(=O)N=[S@](=O)(NC(=O)NC2CC2)C1. The molecule has 9 nitrogen and oxygen atoms in total. The Hall–Kier alpha value is -3.08. The van der Waals surface area contributed by atoms with Gasteiger partial charge in [0.25, 0.3) is 5.91 Å². The zero-order valence-corrected chi connectivity index (χ0v) is 29.5. The van der Waals surface area contributed by atoms with Crippen LogP contribution in [0.25, 0.3) is 0 Å². The Bertz CT molecular complexity index is 1720. The number of nitrogens with one attached hydrogen (secondary N) is 2. The molecule has 258 valence electrons. The van der Waals surface area contributed by atoms with Crippen molar-refractivity contribution in [3.05, 3.63) is 70.3 Å². The zero-order chi connectivity index (χ0) is 33.5. The van der Waals surface area contributed by atoms with Crippen molar-refractivity contribution in [1.29, 1.82) is 0 Å². The molecule has 6 atom stereocenters. The van der Waals surface area contributed by atoms with Crippen LogP contribution >= 0.6 is 11.6 Å². The predicted octanol–water partition coefficient (Wildman–Crippen LogP) is 6.83. The van der Waals surface area contributed by atoms with E-state index in [4.69, 9.17) is 21.1 Å². The molecule has 2 aromatic carbocycles. The number of allylic oxidation sites excluding steroid dienone is 1. The number of benzene rings is 2. The van der Waals surface area contributed by atoms with Gasteiger partial charge >= 0.3 is 6.03 Å². The predicted molar refractivity (Wildman–Crippen MR) is 189 cm³/mol. The molecule has 0 aromatic heterocycles. The number of urea groups is 1. The van der Waals surface area contributed by atoms with E-state index >= 15 is 0 Å². The lowest BCUT2D eigenvalue weighted by Gasteiger charge is -2.46. The second-order valence-electron chi connectivity index (χ2n) is 14.5. The summed E-state index contributed by atoms with van der Waals surface area (Å²) >= 11 is 6.45. The third-order valence-corrected chi connectivity index (χ3v) is 13.3. The van der Waals surface area contributed by atoms with E-state index in [9.17, 15) is 13.8 Å². The van der Waals surface area contributed by atoms with Gasteiger partial charge in [0.1, 0.15) is 15.7 Å². The maximum absolute atomic E-state index is 14.4. The minimum Gasteiger partial charge on any atom is -0.490 e. The number of amides is 3. The van der Waals surface area contributed by atoms with Gasteiger partial charge in [0.05, 0.1) is 24.2 Å². The Labute approximate surface area is 289 Å². The number of hydrogen-bond donors (Lipinski definition) is 2. The van der Waals surface area contributed by atoms with E-state index in [-0.39, 0.29) is 29.2 Å². The fraction of sp³-hybridized carbons (Fsp3) is 0.568. The number of methoxy groups -OCH3 is 1. The van der Waals surface area contributed by atoms with Gasteiger partial charge in [-0.1, -0.05) is 43.2 Å². The average molecular weight is 695 g/mol. The van der Waals surface area contributed by atoms with E-state index in [1.807, 2.05) is 25.1 Å². The molecule has 2 aliphatic heterocycles. The van der Waals surface area contributed by atoms with E-state index in [1.54, 1.807) is 13.2 Å². The lowest BCUT2D eigenvalue weighted by molar-refractivity contribution is 0.0131. The monoisotopic (exact) mass is 694 g/mol. The van der Waals surface area contributed by atoms with Crippen LogP contribution in [0.2, 0.25) is 5.02 Å². The molecule has 2 aromatic rings. The number of nitrogens with zero attached hydrogens (tertiary/aromatic N) is 2. The molecular weight excluding hydrogens is 648 g/mol. The quantitative estimate of drug-likeness (QED) is 0.340. The number of carbonyl (C=O) groups is 2. The molecule has 1 spiro atoms. The van der Waals surface area contributed by atoms with Crippen molar-refractivity contribution in [3.63, 3.8) is 0 Å². The summed E-state index contributed by atoms with van der Waals surface area (Å²) in [6, 6.07) is 11.2. The van der Waals surface area contributed by atoms with Crippen LogP contribution in [0.5, 0.6) is 5.75 Å². The second kappa shape index (κ2) is 13.7. The number of halogens is 1. The van der Waals surface area contributed by atoms with Crippen LogP contribution in [0.3, 0.4) is 0 Å². The Morgan fingerprint density at radius 1 is 1.19 bits per heavy atom. The van der Waals surface area contributed by atoms with Crippen LogP contribution in [0.15, 0.2) is 52.9 Å². The fourth-order valence-electron chi connectivity index (χ4n) is 8.13. The van der Waals surface area contributed by atoms with Gasteiger partial charge in [0.2, 0.25) is 0 Å². The zero-order valence-electron chi connectivity index (χ0n) is 27.9. The maximum Gasteiger partial charge on any atom is 0.327 e. The Kier molecular flexibility index (Phi) is 9.52. The highest BCUT2D eigenvalue weighted by atomic mass is 35.5. The van der Waals surface area contributed by atoms with Crippen LogP contribution in [-0.4, -0.2) is 60.9 Å². The standard InChI is InChI=1S/C37H47ClN4O5S/c1-3-24-6-4-8-33(46-2)30-14-9-27(30)20-42-22-37(17-5-7-25-18-28(38)11-15-31(25)37)23-47-34-16-10-26(19-32(34)42)35(43)40-48(45,21-24)41-36(44)39-29-12-13-29/h4,8,10-11,15-16,18-19,24,27,29-30,33H,3,5-7,9,12-14,17,20-23H2,1-2H3,(H2,39,40,41,43,44,45)/b8-4+/t24-,27-,30+,33-,37-,48-/m0/s1. The number of carbonyl (C=O) groups excluding carboxylic acids is 2. The Morgan fingerprint density at radius 2 is 2.04 bits per heavy atom. The van der Waals surface area contributed by atoms with Crippen molar-refractivity contribution < 1.29 is 23.3 Å². The summed E-state index contributed by atoms with van der Waals surface area (Å²) in [6.07, 6.45) is 12.6.